The molecular formula is C17H17ClIN3O2. The third kappa shape index (κ3) is 4.30. The van der Waals surface area contributed by atoms with Gasteiger partial charge in [0.25, 0.3) is 5.91 Å². The van der Waals surface area contributed by atoms with Crippen molar-refractivity contribution in [1.29, 1.82) is 0 Å². The Balaban J connectivity index is 1.50. The van der Waals surface area contributed by atoms with E-state index < -0.39 is 0 Å². The van der Waals surface area contributed by atoms with E-state index in [1.54, 1.807) is 6.20 Å². The molecule has 0 saturated carbocycles. The lowest BCUT2D eigenvalue weighted by Gasteiger charge is -2.35. The molecule has 0 N–H and O–H groups in total. The summed E-state index contributed by atoms with van der Waals surface area (Å²) in [7, 11) is 0. The van der Waals surface area contributed by atoms with Crippen LogP contribution in [0.1, 0.15) is 0 Å². The zero-order valence-corrected chi connectivity index (χ0v) is 15.9. The van der Waals surface area contributed by atoms with Crippen molar-refractivity contribution >= 4 is 45.9 Å². The van der Waals surface area contributed by atoms with Gasteiger partial charge >= 0.3 is 0 Å². The Morgan fingerprint density at radius 3 is 2.54 bits per heavy atom. The van der Waals surface area contributed by atoms with Crippen molar-refractivity contribution < 1.29 is 9.53 Å². The van der Waals surface area contributed by atoms with Gasteiger partial charge in [-0.25, -0.2) is 4.98 Å². The first-order valence-corrected chi connectivity index (χ1v) is 9.11. The highest BCUT2D eigenvalue weighted by Gasteiger charge is 2.23. The second-order valence-electron chi connectivity index (χ2n) is 5.42. The van der Waals surface area contributed by atoms with E-state index in [0.717, 1.165) is 9.39 Å². The number of hydrogen-bond donors (Lipinski definition) is 0. The Bertz CT molecular complexity index is 703. The standard InChI is InChI=1S/C17H17ClIN3O2/c18-15-2-1-7-20-17(15)22-10-8-21(9-11-22)16(23)12-24-14-5-3-13(19)4-6-14/h1-7H,8-12H2. The van der Waals surface area contributed by atoms with Gasteiger partial charge in [-0.3, -0.25) is 4.79 Å². The van der Waals surface area contributed by atoms with E-state index in [-0.39, 0.29) is 12.5 Å². The fourth-order valence-corrected chi connectivity index (χ4v) is 3.15. The molecule has 3 rings (SSSR count). The van der Waals surface area contributed by atoms with Crippen LogP contribution in [0.4, 0.5) is 5.82 Å². The van der Waals surface area contributed by atoms with Crippen molar-refractivity contribution in [2.45, 2.75) is 0 Å². The summed E-state index contributed by atoms with van der Waals surface area (Å²) in [6.45, 7) is 2.77. The predicted octanol–water partition coefficient (Wildman–Crippen LogP) is 3.07. The highest BCUT2D eigenvalue weighted by Crippen LogP contribution is 2.23. The summed E-state index contributed by atoms with van der Waals surface area (Å²) in [6.07, 6.45) is 1.73. The summed E-state index contributed by atoms with van der Waals surface area (Å²) in [5, 5.41) is 0.638. The molecule has 24 heavy (non-hydrogen) atoms. The number of aromatic nitrogens is 1. The molecule has 0 unspecified atom stereocenters. The Morgan fingerprint density at radius 1 is 1.17 bits per heavy atom. The largest absolute Gasteiger partial charge is 0.484 e. The van der Waals surface area contributed by atoms with Gasteiger partial charge < -0.3 is 14.5 Å². The average Bonchev–Trinajstić information content (AvgIpc) is 2.61. The van der Waals surface area contributed by atoms with Crippen LogP contribution in [-0.2, 0) is 4.79 Å². The van der Waals surface area contributed by atoms with E-state index in [4.69, 9.17) is 16.3 Å². The smallest absolute Gasteiger partial charge is 0.260 e. The van der Waals surface area contributed by atoms with Crippen molar-refractivity contribution in [3.63, 3.8) is 0 Å². The molecule has 0 radical (unpaired) electrons. The van der Waals surface area contributed by atoms with E-state index in [1.807, 2.05) is 41.3 Å². The maximum Gasteiger partial charge on any atom is 0.260 e. The molecule has 2 heterocycles. The van der Waals surface area contributed by atoms with Gasteiger partial charge in [-0.15, -0.1) is 0 Å². The van der Waals surface area contributed by atoms with Crippen LogP contribution in [-0.4, -0.2) is 48.6 Å². The van der Waals surface area contributed by atoms with Crippen molar-refractivity contribution in [2.24, 2.45) is 0 Å². The van der Waals surface area contributed by atoms with Crippen LogP contribution in [0.3, 0.4) is 0 Å². The minimum atomic E-state index is 0.000294. The topological polar surface area (TPSA) is 45.7 Å². The Labute approximate surface area is 159 Å². The molecule has 1 fully saturated rings. The molecule has 1 saturated heterocycles. The van der Waals surface area contributed by atoms with Crippen LogP contribution in [0.15, 0.2) is 42.6 Å². The zero-order valence-electron chi connectivity index (χ0n) is 13.0. The van der Waals surface area contributed by atoms with Gasteiger partial charge in [0, 0.05) is 35.9 Å². The van der Waals surface area contributed by atoms with Crippen LogP contribution in [0.2, 0.25) is 5.02 Å². The normalized spacial score (nSPS) is 14.6. The number of pyridine rings is 1. The molecule has 1 aromatic heterocycles. The molecule has 1 aliphatic heterocycles. The number of carbonyl (C=O) groups excluding carboxylic acids is 1. The maximum absolute atomic E-state index is 12.3. The van der Waals surface area contributed by atoms with Crippen LogP contribution < -0.4 is 9.64 Å². The second kappa shape index (κ2) is 8.02. The number of nitrogens with zero attached hydrogens (tertiary/aromatic N) is 3. The van der Waals surface area contributed by atoms with Gasteiger partial charge in [0.2, 0.25) is 0 Å². The summed E-state index contributed by atoms with van der Waals surface area (Å²) < 4.78 is 6.70. The number of benzene rings is 1. The number of hydrogen-bond acceptors (Lipinski definition) is 4. The zero-order chi connectivity index (χ0) is 16.9. The van der Waals surface area contributed by atoms with E-state index in [2.05, 4.69) is 32.5 Å². The quantitative estimate of drug-likeness (QED) is 0.662. The molecule has 5 nitrogen and oxygen atoms in total. The maximum atomic E-state index is 12.3. The lowest BCUT2D eigenvalue weighted by molar-refractivity contribution is -0.133. The summed E-state index contributed by atoms with van der Waals surface area (Å²) in [5.74, 6) is 1.49. The molecule has 1 amide bonds. The SMILES string of the molecule is O=C(COc1ccc(I)cc1)N1CCN(c2ncccc2Cl)CC1. The predicted molar refractivity (Wildman–Crippen MR) is 103 cm³/mol. The first kappa shape index (κ1) is 17.3. The lowest BCUT2D eigenvalue weighted by Crippen LogP contribution is -2.50. The average molecular weight is 458 g/mol. The van der Waals surface area contributed by atoms with E-state index >= 15 is 0 Å². The monoisotopic (exact) mass is 457 g/mol. The van der Waals surface area contributed by atoms with Gasteiger partial charge in [-0.1, -0.05) is 11.6 Å². The molecule has 126 valence electrons. The third-order valence-electron chi connectivity index (χ3n) is 3.85. The molecule has 0 spiro atoms. The second-order valence-corrected chi connectivity index (χ2v) is 7.07. The summed E-state index contributed by atoms with van der Waals surface area (Å²) >= 11 is 8.41. The first-order chi connectivity index (χ1) is 11.6. The van der Waals surface area contributed by atoms with E-state index in [0.29, 0.717) is 37.0 Å². The summed E-state index contributed by atoms with van der Waals surface area (Å²) in [5.41, 5.74) is 0. The van der Waals surface area contributed by atoms with Gasteiger partial charge in [0.1, 0.15) is 11.6 Å². The minimum absolute atomic E-state index is 0.000294. The highest BCUT2D eigenvalue weighted by atomic mass is 127. The fraction of sp³-hybridized carbons (Fsp3) is 0.294. The molecule has 2 aromatic rings. The Morgan fingerprint density at radius 2 is 1.88 bits per heavy atom. The lowest BCUT2D eigenvalue weighted by atomic mass is 10.3. The first-order valence-electron chi connectivity index (χ1n) is 7.65. The molecule has 0 aliphatic carbocycles. The van der Waals surface area contributed by atoms with Gasteiger partial charge in [0.05, 0.1) is 5.02 Å². The van der Waals surface area contributed by atoms with E-state index in [1.165, 1.54) is 0 Å². The van der Waals surface area contributed by atoms with Crippen molar-refractivity contribution in [2.75, 3.05) is 37.7 Å². The molecule has 0 bridgehead atoms. The molecule has 0 atom stereocenters. The Hall–Kier alpha value is -1.54. The number of halogens is 2. The minimum Gasteiger partial charge on any atom is -0.484 e. The van der Waals surface area contributed by atoms with Gasteiger partial charge in [0.15, 0.2) is 6.61 Å². The van der Waals surface area contributed by atoms with Gasteiger partial charge in [-0.2, -0.15) is 0 Å². The highest BCUT2D eigenvalue weighted by molar-refractivity contribution is 14.1. The summed E-state index contributed by atoms with van der Waals surface area (Å²) in [6, 6.07) is 11.3. The molecular weight excluding hydrogens is 441 g/mol. The molecule has 1 aliphatic rings. The fourth-order valence-electron chi connectivity index (χ4n) is 2.54. The van der Waals surface area contributed by atoms with Crippen LogP contribution in [0.25, 0.3) is 0 Å². The van der Waals surface area contributed by atoms with Crippen molar-refractivity contribution in [3.05, 3.63) is 51.2 Å². The number of carbonyl (C=O) groups is 1. The number of amides is 1. The van der Waals surface area contributed by atoms with Crippen LogP contribution >= 0.6 is 34.2 Å². The van der Waals surface area contributed by atoms with Crippen LogP contribution in [0.5, 0.6) is 5.75 Å². The third-order valence-corrected chi connectivity index (χ3v) is 4.86. The molecule has 7 heteroatoms. The van der Waals surface area contributed by atoms with Crippen LogP contribution in [0, 0.1) is 3.57 Å². The Kier molecular flexibility index (Phi) is 5.78. The number of rotatable bonds is 4. The van der Waals surface area contributed by atoms with Gasteiger partial charge in [-0.05, 0) is 59.0 Å². The van der Waals surface area contributed by atoms with E-state index in [9.17, 15) is 4.79 Å². The number of piperazine rings is 1. The molecule has 1 aromatic carbocycles. The number of ether oxygens (including phenoxy) is 1. The number of anilines is 1. The van der Waals surface area contributed by atoms with Crippen molar-refractivity contribution in [3.8, 4) is 5.75 Å². The van der Waals surface area contributed by atoms with Crippen molar-refractivity contribution in [1.82, 2.24) is 9.88 Å². The summed E-state index contributed by atoms with van der Waals surface area (Å²) in [4.78, 5) is 20.5.